The second kappa shape index (κ2) is 6.15. The molecule has 2 rings (SSSR count). The van der Waals surface area contributed by atoms with E-state index in [-0.39, 0.29) is 0 Å². The van der Waals surface area contributed by atoms with Crippen molar-refractivity contribution >= 4 is 11.6 Å². The zero-order valence-corrected chi connectivity index (χ0v) is 11.4. The maximum Gasteiger partial charge on any atom is 0.229 e. The second-order valence-corrected chi connectivity index (χ2v) is 4.18. The Kier molecular flexibility index (Phi) is 4.30. The zero-order chi connectivity index (χ0) is 13.7. The molecule has 100 valence electrons. The molecule has 2 aromatic rings. The lowest BCUT2D eigenvalue weighted by Crippen LogP contribution is -2.14. The van der Waals surface area contributed by atoms with Gasteiger partial charge in [-0.05, 0) is 31.3 Å². The fourth-order valence-electron chi connectivity index (χ4n) is 1.74. The standard InChI is InChI=1S/C14H18N4O/c1-15-8-11-9-16-14(17-10-11)18(2)12-4-6-13(19-3)7-5-12/h4-7,9-10,15H,8H2,1-3H3. The molecule has 1 aromatic heterocycles. The lowest BCUT2D eigenvalue weighted by atomic mass is 10.3. The van der Waals surface area contributed by atoms with Crippen LogP contribution in [-0.4, -0.2) is 31.2 Å². The van der Waals surface area contributed by atoms with Crippen LogP contribution in [0.2, 0.25) is 0 Å². The number of benzene rings is 1. The fraction of sp³-hybridized carbons (Fsp3) is 0.286. The third-order valence-corrected chi connectivity index (χ3v) is 2.83. The molecule has 0 aliphatic carbocycles. The summed E-state index contributed by atoms with van der Waals surface area (Å²) in [6.45, 7) is 0.770. The molecule has 0 bridgehead atoms. The lowest BCUT2D eigenvalue weighted by molar-refractivity contribution is 0.415. The molecule has 0 saturated heterocycles. The highest BCUT2D eigenvalue weighted by molar-refractivity contribution is 5.57. The fourth-order valence-corrected chi connectivity index (χ4v) is 1.74. The van der Waals surface area contributed by atoms with E-state index in [0.717, 1.165) is 23.5 Å². The van der Waals surface area contributed by atoms with Gasteiger partial charge in [0.25, 0.3) is 0 Å². The van der Waals surface area contributed by atoms with E-state index in [9.17, 15) is 0 Å². The summed E-state index contributed by atoms with van der Waals surface area (Å²) in [4.78, 5) is 10.7. The zero-order valence-electron chi connectivity index (χ0n) is 11.4. The molecule has 0 aliphatic rings. The van der Waals surface area contributed by atoms with Crippen LogP contribution in [0.3, 0.4) is 0 Å². The van der Waals surface area contributed by atoms with Crippen LogP contribution in [0.25, 0.3) is 0 Å². The van der Waals surface area contributed by atoms with E-state index in [1.807, 2.05) is 55.7 Å². The van der Waals surface area contributed by atoms with Gasteiger partial charge in [-0.25, -0.2) is 9.97 Å². The molecule has 0 unspecified atom stereocenters. The summed E-state index contributed by atoms with van der Waals surface area (Å²) in [5.41, 5.74) is 2.08. The van der Waals surface area contributed by atoms with Crippen LogP contribution >= 0.6 is 0 Å². The minimum atomic E-state index is 0.671. The molecule has 5 heteroatoms. The summed E-state index contributed by atoms with van der Waals surface area (Å²) >= 11 is 0. The van der Waals surface area contributed by atoms with Gasteiger partial charge in [-0.2, -0.15) is 0 Å². The van der Waals surface area contributed by atoms with Crippen molar-refractivity contribution in [2.24, 2.45) is 0 Å². The number of hydrogen-bond acceptors (Lipinski definition) is 5. The molecule has 1 heterocycles. The van der Waals surface area contributed by atoms with Crippen LogP contribution in [0.5, 0.6) is 5.75 Å². The highest BCUT2D eigenvalue weighted by atomic mass is 16.5. The summed E-state index contributed by atoms with van der Waals surface area (Å²) in [5.74, 6) is 1.51. The first-order chi connectivity index (χ1) is 9.24. The Morgan fingerprint density at radius 2 is 1.79 bits per heavy atom. The van der Waals surface area contributed by atoms with E-state index in [4.69, 9.17) is 4.74 Å². The lowest BCUT2D eigenvalue weighted by Gasteiger charge is -2.17. The van der Waals surface area contributed by atoms with E-state index >= 15 is 0 Å². The highest BCUT2D eigenvalue weighted by Gasteiger charge is 2.06. The summed E-state index contributed by atoms with van der Waals surface area (Å²) in [6, 6.07) is 7.79. The highest BCUT2D eigenvalue weighted by Crippen LogP contribution is 2.22. The Morgan fingerprint density at radius 3 is 2.32 bits per heavy atom. The average molecular weight is 258 g/mol. The summed E-state index contributed by atoms with van der Waals surface area (Å²) in [7, 11) is 5.49. The van der Waals surface area contributed by atoms with Crippen LogP contribution in [0.15, 0.2) is 36.7 Å². The SMILES string of the molecule is CNCc1cnc(N(C)c2ccc(OC)cc2)nc1. The van der Waals surface area contributed by atoms with Gasteiger partial charge in [-0.3, -0.25) is 0 Å². The first kappa shape index (κ1) is 13.3. The molecule has 5 nitrogen and oxygen atoms in total. The van der Waals surface area contributed by atoms with E-state index in [2.05, 4.69) is 15.3 Å². The van der Waals surface area contributed by atoms with Gasteiger partial charge >= 0.3 is 0 Å². The molecule has 1 N–H and O–H groups in total. The molecule has 0 aliphatic heterocycles. The van der Waals surface area contributed by atoms with Gasteiger partial charge in [-0.1, -0.05) is 0 Å². The Morgan fingerprint density at radius 1 is 1.16 bits per heavy atom. The van der Waals surface area contributed by atoms with Gasteiger partial charge in [0.05, 0.1) is 7.11 Å². The van der Waals surface area contributed by atoms with Gasteiger partial charge in [0, 0.05) is 37.2 Å². The van der Waals surface area contributed by atoms with Crippen molar-refractivity contribution in [3.63, 3.8) is 0 Å². The number of ether oxygens (including phenoxy) is 1. The molecule has 0 fully saturated rings. The third kappa shape index (κ3) is 3.20. The summed E-state index contributed by atoms with van der Waals surface area (Å²) in [5, 5.41) is 3.07. The maximum absolute atomic E-state index is 5.14. The molecule has 0 spiro atoms. The van der Waals surface area contributed by atoms with E-state index in [1.165, 1.54) is 0 Å². The van der Waals surface area contributed by atoms with Gasteiger partial charge < -0.3 is 15.0 Å². The van der Waals surface area contributed by atoms with Crippen molar-refractivity contribution in [2.75, 3.05) is 26.1 Å². The second-order valence-electron chi connectivity index (χ2n) is 4.18. The molecule has 0 saturated carbocycles. The van der Waals surface area contributed by atoms with Gasteiger partial charge in [0.1, 0.15) is 5.75 Å². The first-order valence-electron chi connectivity index (χ1n) is 6.08. The van der Waals surface area contributed by atoms with Crippen molar-refractivity contribution in [3.05, 3.63) is 42.2 Å². The molecular weight excluding hydrogens is 240 g/mol. The Balaban J connectivity index is 2.15. The predicted octanol–water partition coefficient (Wildman–Crippen LogP) is 1.97. The van der Waals surface area contributed by atoms with Crippen molar-refractivity contribution < 1.29 is 4.74 Å². The van der Waals surface area contributed by atoms with Crippen LogP contribution in [0, 0.1) is 0 Å². The van der Waals surface area contributed by atoms with Crippen LogP contribution in [0.1, 0.15) is 5.56 Å². The number of nitrogens with zero attached hydrogens (tertiary/aromatic N) is 3. The first-order valence-corrected chi connectivity index (χ1v) is 6.08. The van der Waals surface area contributed by atoms with Gasteiger partial charge in [0.15, 0.2) is 0 Å². The molecule has 0 amide bonds. The predicted molar refractivity (Wildman–Crippen MR) is 75.9 cm³/mol. The third-order valence-electron chi connectivity index (χ3n) is 2.83. The van der Waals surface area contributed by atoms with E-state index < -0.39 is 0 Å². The topological polar surface area (TPSA) is 50.3 Å². The number of anilines is 2. The maximum atomic E-state index is 5.14. The number of rotatable bonds is 5. The average Bonchev–Trinajstić information content (AvgIpc) is 2.48. The molecule has 0 radical (unpaired) electrons. The van der Waals surface area contributed by atoms with Crippen molar-refractivity contribution in [1.29, 1.82) is 0 Å². The summed E-state index contributed by atoms with van der Waals surface area (Å²) < 4.78 is 5.14. The van der Waals surface area contributed by atoms with E-state index in [0.29, 0.717) is 5.95 Å². The minimum Gasteiger partial charge on any atom is -0.497 e. The van der Waals surface area contributed by atoms with E-state index in [1.54, 1.807) is 7.11 Å². The molecular formula is C14H18N4O. The van der Waals surface area contributed by atoms with Crippen molar-refractivity contribution in [3.8, 4) is 5.75 Å². The molecule has 1 aromatic carbocycles. The van der Waals surface area contributed by atoms with Crippen LogP contribution < -0.4 is 15.0 Å². The van der Waals surface area contributed by atoms with Crippen LogP contribution in [-0.2, 0) is 6.54 Å². The van der Waals surface area contributed by atoms with Gasteiger partial charge in [-0.15, -0.1) is 0 Å². The number of aromatic nitrogens is 2. The van der Waals surface area contributed by atoms with Crippen LogP contribution in [0.4, 0.5) is 11.6 Å². The smallest absolute Gasteiger partial charge is 0.229 e. The quantitative estimate of drug-likeness (QED) is 0.888. The van der Waals surface area contributed by atoms with Gasteiger partial charge in [0.2, 0.25) is 5.95 Å². The number of nitrogens with one attached hydrogen (secondary N) is 1. The number of hydrogen-bond donors (Lipinski definition) is 1. The Bertz CT molecular complexity index is 510. The van der Waals surface area contributed by atoms with Crippen molar-refractivity contribution in [2.45, 2.75) is 6.54 Å². The normalized spacial score (nSPS) is 10.3. The van der Waals surface area contributed by atoms with Crippen molar-refractivity contribution in [1.82, 2.24) is 15.3 Å². The molecule has 0 atom stereocenters. The Hall–Kier alpha value is -2.14. The Labute approximate surface area is 113 Å². The summed E-state index contributed by atoms with van der Waals surface area (Å²) in [6.07, 6.45) is 3.66. The molecule has 19 heavy (non-hydrogen) atoms. The number of methoxy groups -OCH3 is 1. The monoisotopic (exact) mass is 258 g/mol. The largest absolute Gasteiger partial charge is 0.497 e. The minimum absolute atomic E-state index is 0.671.